The number of rotatable bonds is 3. The van der Waals surface area contributed by atoms with Gasteiger partial charge < -0.3 is 9.94 Å². The zero-order valence-electron chi connectivity index (χ0n) is 11.5. The van der Waals surface area contributed by atoms with Crippen molar-refractivity contribution in [1.29, 1.82) is 0 Å². The Hall–Kier alpha value is -1.11. The molecular weight excluding hydrogens is 312 g/mol. The zero-order chi connectivity index (χ0) is 14.6. The average molecular weight is 331 g/mol. The number of hydrogen-bond donors (Lipinski definition) is 2. The van der Waals surface area contributed by atoms with Crippen molar-refractivity contribution < 1.29 is 14.7 Å². The number of nitrogens with one attached hydrogen (secondary N) is 1. The molecule has 5 nitrogen and oxygen atoms in total. The molecule has 0 radical (unpaired) electrons. The number of ether oxygens (including phenoxy) is 1. The van der Waals surface area contributed by atoms with Gasteiger partial charge >= 0.3 is 6.09 Å². The van der Waals surface area contributed by atoms with Crippen molar-refractivity contribution >= 4 is 27.7 Å². The molecule has 0 aromatic heterocycles. The smallest absolute Gasteiger partial charge is 0.412 e. The molecule has 19 heavy (non-hydrogen) atoms. The summed E-state index contributed by atoms with van der Waals surface area (Å²) in [6.07, 6.45) is -0.511. The molecule has 0 atom stereocenters. The van der Waals surface area contributed by atoms with E-state index in [2.05, 4.69) is 21.2 Å². The molecule has 1 aromatic carbocycles. The fourth-order valence-corrected chi connectivity index (χ4v) is 1.79. The lowest BCUT2D eigenvalue weighted by molar-refractivity contribution is -0.0731. The van der Waals surface area contributed by atoms with Crippen LogP contribution in [0, 0.1) is 0 Å². The van der Waals surface area contributed by atoms with Gasteiger partial charge in [-0.2, -0.15) is 5.06 Å². The quantitative estimate of drug-likeness (QED) is 0.831. The Morgan fingerprint density at radius 2 is 2.11 bits per heavy atom. The molecule has 0 bridgehead atoms. The first-order valence-electron chi connectivity index (χ1n) is 5.86. The van der Waals surface area contributed by atoms with Crippen LogP contribution in [0.5, 0.6) is 0 Å². The zero-order valence-corrected chi connectivity index (χ0v) is 13.1. The molecule has 1 rings (SSSR count). The number of amides is 1. The van der Waals surface area contributed by atoms with Crippen LogP contribution < -0.4 is 5.32 Å². The normalized spacial score (nSPS) is 11.5. The van der Waals surface area contributed by atoms with Crippen LogP contribution in [0.1, 0.15) is 26.3 Å². The Labute approximate surface area is 121 Å². The molecule has 0 unspecified atom stereocenters. The summed E-state index contributed by atoms with van der Waals surface area (Å²) in [6, 6.07) is 5.45. The van der Waals surface area contributed by atoms with Crippen LogP contribution in [-0.4, -0.2) is 29.0 Å². The Bertz CT molecular complexity index is 456. The first-order valence-corrected chi connectivity index (χ1v) is 6.65. The van der Waals surface area contributed by atoms with Crippen LogP contribution in [0.3, 0.4) is 0 Å². The molecule has 0 fully saturated rings. The van der Waals surface area contributed by atoms with E-state index < -0.39 is 11.7 Å². The summed E-state index contributed by atoms with van der Waals surface area (Å²) in [4.78, 5) is 11.7. The van der Waals surface area contributed by atoms with E-state index in [0.717, 1.165) is 15.1 Å². The first-order chi connectivity index (χ1) is 8.67. The number of nitrogens with zero attached hydrogens (tertiary/aromatic N) is 1. The van der Waals surface area contributed by atoms with E-state index in [-0.39, 0.29) is 0 Å². The number of carbonyl (C=O) groups excluding carboxylic acids is 1. The minimum Gasteiger partial charge on any atom is -0.444 e. The summed E-state index contributed by atoms with van der Waals surface area (Å²) in [5, 5.41) is 13.0. The topological polar surface area (TPSA) is 61.8 Å². The maximum Gasteiger partial charge on any atom is 0.412 e. The second kappa shape index (κ2) is 6.36. The molecule has 0 heterocycles. The molecule has 0 aliphatic rings. The van der Waals surface area contributed by atoms with Gasteiger partial charge in [0, 0.05) is 18.1 Å². The van der Waals surface area contributed by atoms with Gasteiger partial charge in [-0.3, -0.25) is 5.32 Å². The van der Waals surface area contributed by atoms with Gasteiger partial charge in [0.1, 0.15) is 5.60 Å². The standard InChI is InChI=1S/C13H19BrN2O3/c1-13(2,3)19-12(17)15-11-7-9(8-16(4)18)5-6-10(11)14/h5-7,18H,8H2,1-4H3,(H,15,17). The van der Waals surface area contributed by atoms with Gasteiger partial charge in [0.15, 0.2) is 0 Å². The van der Waals surface area contributed by atoms with Crippen LogP contribution in [-0.2, 0) is 11.3 Å². The molecular formula is C13H19BrN2O3. The third-order valence-corrected chi connectivity index (χ3v) is 2.77. The Morgan fingerprint density at radius 1 is 1.47 bits per heavy atom. The number of carbonyl (C=O) groups is 1. The van der Waals surface area contributed by atoms with Gasteiger partial charge in [0.25, 0.3) is 0 Å². The van der Waals surface area contributed by atoms with Crippen molar-refractivity contribution in [3.05, 3.63) is 28.2 Å². The molecule has 2 N–H and O–H groups in total. The van der Waals surface area contributed by atoms with Crippen molar-refractivity contribution in [2.75, 3.05) is 12.4 Å². The average Bonchev–Trinajstić information content (AvgIpc) is 2.19. The second-order valence-corrected chi connectivity index (χ2v) is 6.11. The molecule has 1 aromatic rings. The molecule has 6 heteroatoms. The SMILES string of the molecule is CN(O)Cc1ccc(Br)c(NC(=O)OC(C)(C)C)c1. The number of anilines is 1. The Morgan fingerprint density at radius 3 is 2.63 bits per heavy atom. The minimum atomic E-state index is -0.542. The van der Waals surface area contributed by atoms with Gasteiger partial charge in [-0.05, 0) is 54.4 Å². The van der Waals surface area contributed by atoms with Crippen molar-refractivity contribution in [1.82, 2.24) is 5.06 Å². The van der Waals surface area contributed by atoms with Gasteiger partial charge in [-0.1, -0.05) is 6.07 Å². The van der Waals surface area contributed by atoms with Gasteiger partial charge in [-0.25, -0.2) is 4.79 Å². The van der Waals surface area contributed by atoms with Crippen LogP contribution in [0.2, 0.25) is 0 Å². The highest BCUT2D eigenvalue weighted by Gasteiger charge is 2.17. The second-order valence-electron chi connectivity index (χ2n) is 5.26. The van der Waals surface area contributed by atoms with E-state index >= 15 is 0 Å². The van der Waals surface area contributed by atoms with Gasteiger partial charge in [0.2, 0.25) is 0 Å². The molecule has 0 saturated heterocycles. The van der Waals surface area contributed by atoms with Gasteiger partial charge in [0.05, 0.1) is 5.69 Å². The summed E-state index contributed by atoms with van der Waals surface area (Å²) in [5.74, 6) is 0. The molecule has 106 valence electrons. The predicted octanol–water partition coefficient (Wildman–Crippen LogP) is 3.62. The molecule has 0 saturated carbocycles. The molecule has 0 aliphatic carbocycles. The monoisotopic (exact) mass is 330 g/mol. The number of halogens is 1. The molecule has 0 spiro atoms. The first kappa shape index (κ1) is 15.9. The highest BCUT2D eigenvalue weighted by atomic mass is 79.9. The van der Waals surface area contributed by atoms with E-state index in [4.69, 9.17) is 4.74 Å². The van der Waals surface area contributed by atoms with E-state index in [1.807, 2.05) is 12.1 Å². The summed E-state index contributed by atoms with van der Waals surface area (Å²) in [7, 11) is 1.56. The maximum absolute atomic E-state index is 11.7. The summed E-state index contributed by atoms with van der Waals surface area (Å²) >= 11 is 3.36. The highest BCUT2D eigenvalue weighted by molar-refractivity contribution is 9.10. The van der Waals surface area contributed by atoms with Crippen molar-refractivity contribution in [3.8, 4) is 0 Å². The summed E-state index contributed by atoms with van der Waals surface area (Å²) in [6.45, 7) is 5.78. The van der Waals surface area contributed by atoms with E-state index in [1.165, 1.54) is 0 Å². The third kappa shape index (κ3) is 6.04. The highest BCUT2D eigenvalue weighted by Crippen LogP contribution is 2.24. The lowest BCUT2D eigenvalue weighted by Gasteiger charge is -2.20. The Kier molecular flexibility index (Phi) is 5.34. The number of hydroxylamine groups is 2. The van der Waals surface area contributed by atoms with Crippen LogP contribution in [0.25, 0.3) is 0 Å². The number of hydrogen-bond acceptors (Lipinski definition) is 4. The summed E-state index contributed by atoms with van der Waals surface area (Å²) < 4.78 is 5.94. The van der Waals surface area contributed by atoms with E-state index in [0.29, 0.717) is 12.2 Å². The van der Waals surface area contributed by atoms with Crippen molar-refractivity contribution in [2.45, 2.75) is 32.9 Å². The van der Waals surface area contributed by atoms with Crippen LogP contribution in [0.15, 0.2) is 22.7 Å². The van der Waals surface area contributed by atoms with Crippen molar-refractivity contribution in [3.63, 3.8) is 0 Å². The largest absolute Gasteiger partial charge is 0.444 e. The van der Waals surface area contributed by atoms with Crippen molar-refractivity contribution in [2.24, 2.45) is 0 Å². The third-order valence-electron chi connectivity index (χ3n) is 2.08. The van der Waals surface area contributed by atoms with Gasteiger partial charge in [-0.15, -0.1) is 0 Å². The lowest BCUT2D eigenvalue weighted by atomic mass is 10.2. The fourth-order valence-electron chi connectivity index (χ4n) is 1.44. The predicted molar refractivity (Wildman–Crippen MR) is 77.3 cm³/mol. The fraction of sp³-hybridized carbons (Fsp3) is 0.462. The molecule has 1 amide bonds. The van der Waals surface area contributed by atoms with E-state index in [1.54, 1.807) is 33.9 Å². The molecule has 0 aliphatic heterocycles. The minimum absolute atomic E-state index is 0.371. The van der Waals surface area contributed by atoms with E-state index in [9.17, 15) is 10.0 Å². The van der Waals surface area contributed by atoms with Crippen LogP contribution in [0.4, 0.5) is 10.5 Å². The summed E-state index contributed by atoms with van der Waals surface area (Å²) in [5.41, 5.74) is 0.937. The lowest BCUT2D eigenvalue weighted by Crippen LogP contribution is -2.27. The van der Waals surface area contributed by atoms with Crippen LogP contribution >= 0.6 is 15.9 Å². The maximum atomic E-state index is 11.7. The number of benzene rings is 1. The Balaban J connectivity index is 2.79.